The van der Waals surface area contributed by atoms with Crippen molar-refractivity contribution < 1.29 is 0 Å². The molecule has 86 valence electrons. The molecule has 0 saturated heterocycles. The summed E-state index contributed by atoms with van der Waals surface area (Å²) in [5.41, 5.74) is 1.30. The fraction of sp³-hybridized carbons (Fsp3) is 0.462. The van der Waals surface area contributed by atoms with E-state index in [0.29, 0.717) is 0 Å². The average Bonchev–Trinajstić information content (AvgIpc) is 2.69. The van der Waals surface area contributed by atoms with Crippen molar-refractivity contribution in [3.8, 4) is 0 Å². The zero-order valence-corrected chi connectivity index (χ0v) is 10.9. The first kappa shape index (κ1) is 11.6. The molecule has 0 radical (unpaired) electrons. The van der Waals surface area contributed by atoms with Gasteiger partial charge in [-0.1, -0.05) is 19.1 Å². The number of hydrogen-bond donors (Lipinski definition) is 1. The second kappa shape index (κ2) is 4.52. The third kappa shape index (κ3) is 2.60. The molecule has 0 fully saturated rings. The molecule has 0 saturated carbocycles. The second-order valence-corrected chi connectivity index (χ2v) is 5.78. The Labute approximate surface area is 101 Å². The van der Waals surface area contributed by atoms with E-state index in [9.17, 15) is 0 Å². The molecule has 0 spiro atoms. The van der Waals surface area contributed by atoms with Gasteiger partial charge in [-0.3, -0.25) is 0 Å². The summed E-state index contributed by atoms with van der Waals surface area (Å²) in [5.74, 6) is 0. The van der Waals surface area contributed by atoms with Crippen molar-refractivity contribution in [2.75, 3.05) is 0 Å². The third-order valence-electron chi connectivity index (χ3n) is 2.94. The number of benzene rings is 1. The SMILES string of the molecule is CCC(C)(C)NCc1nc2ccccc2s1. The van der Waals surface area contributed by atoms with Crippen LogP contribution in [0.1, 0.15) is 32.2 Å². The zero-order valence-electron chi connectivity index (χ0n) is 10.1. The van der Waals surface area contributed by atoms with Gasteiger partial charge in [0.25, 0.3) is 0 Å². The van der Waals surface area contributed by atoms with Crippen LogP contribution in [0.25, 0.3) is 10.2 Å². The lowest BCUT2D eigenvalue weighted by molar-refractivity contribution is 0.374. The van der Waals surface area contributed by atoms with Crippen LogP contribution in [0.5, 0.6) is 0 Å². The molecule has 2 aromatic rings. The summed E-state index contributed by atoms with van der Waals surface area (Å²) in [6.45, 7) is 7.51. The molecule has 0 aliphatic heterocycles. The predicted octanol–water partition coefficient (Wildman–Crippen LogP) is 3.57. The van der Waals surface area contributed by atoms with Crippen LogP contribution in [0.4, 0.5) is 0 Å². The van der Waals surface area contributed by atoms with Crippen LogP contribution in [0, 0.1) is 0 Å². The van der Waals surface area contributed by atoms with E-state index in [1.54, 1.807) is 11.3 Å². The first-order valence-corrected chi connectivity index (χ1v) is 6.52. The van der Waals surface area contributed by atoms with Gasteiger partial charge in [-0.05, 0) is 32.4 Å². The van der Waals surface area contributed by atoms with Crippen LogP contribution in [0.15, 0.2) is 24.3 Å². The molecule has 3 heteroatoms. The van der Waals surface area contributed by atoms with Gasteiger partial charge in [-0.25, -0.2) is 4.98 Å². The van der Waals surface area contributed by atoms with Crippen molar-refractivity contribution in [1.29, 1.82) is 0 Å². The molecule has 0 aliphatic carbocycles. The fourth-order valence-corrected chi connectivity index (χ4v) is 2.34. The summed E-state index contributed by atoms with van der Waals surface area (Å²) in [7, 11) is 0. The number of hydrogen-bond acceptors (Lipinski definition) is 3. The largest absolute Gasteiger partial charge is 0.305 e. The van der Waals surface area contributed by atoms with Gasteiger partial charge < -0.3 is 5.32 Å². The van der Waals surface area contributed by atoms with Gasteiger partial charge in [0.2, 0.25) is 0 Å². The molecule has 1 heterocycles. The van der Waals surface area contributed by atoms with E-state index < -0.39 is 0 Å². The number of thiazole rings is 1. The monoisotopic (exact) mass is 234 g/mol. The Hall–Kier alpha value is -0.930. The molecule has 0 bridgehead atoms. The van der Waals surface area contributed by atoms with E-state index >= 15 is 0 Å². The van der Waals surface area contributed by atoms with Gasteiger partial charge in [0.15, 0.2) is 0 Å². The van der Waals surface area contributed by atoms with Gasteiger partial charge in [0.1, 0.15) is 5.01 Å². The summed E-state index contributed by atoms with van der Waals surface area (Å²) < 4.78 is 1.27. The van der Waals surface area contributed by atoms with Crippen molar-refractivity contribution in [3.05, 3.63) is 29.3 Å². The van der Waals surface area contributed by atoms with Crippen molar-refractivity contribution in [2.45, 2.75) is 39.3 Å². The van der Waals surface area contributed by atoms with E-state index in [1.807, 2.05) is 6.07 Å². The van der Waals surface area contributed by atoms with Crippen LogP contribution < -0.4 is 5.32 Å². The second-order valence-electron chi connectivity index (χ2n) is 4.67. The molecular weight excluding hydrogens is 216 g/mol. The smallest absolute Gasteiger partial charge is 0.108 e. The number of para-hydroxylation sites is 1. The molecule has 0 amide bonds. The lowest BCUT2D eigenvalue weighted by Crippen LogP contribution is -2.37. The minimum atomic E-state index is 0.192. The van der Waals surface area contributed by atoms with Crippen LogP contribution >= 0.6 is 11.3 Å². The maximum atomic E-state index is 4.61. The number of nitrogens with zero attached hydrogens (tertiary/aromatic N) is 1. The Bertz CT molecular complexity index is 440. The third-order valence-corrected chi connectivity index (χ3v) is 3.98. The molecule has 2 rings (SSSR count). The highest BCUT2D eigenvalue weighted by atomic mass is 32.1. The van der Waals surface area contributed by atoms with Gasteiger partial charge >= 0.3 is 0 Å². The molecule has 1 N–H and O–H groups in total. The number of nitrogens with one attached hydrogen (secondary N) is 1. The Morgan fingerprint density at radius 3 is 2.75 bits per heavy atom. The normalized spacial score (nSPS) is 12.2. The molecule has 0 atom stereocenters. The van der Waals surface area contributed by atoms with Crippen LogP contribution in [-0.2, 0) is 6.54 Å². The van der Waals surface area contributed by atoms with Crippen LogP contribution in [-0.4, -0.2) is 10.5 Å². The topological polar surface area (TPSA) is 24.9 Å². The Morgan fingerprint density at radius 1 is 1.31 bits per heavy atom. The summed E-state index contributed by atoms with van der Waals surface area (Å²) >= 11 is 1.77. The lowest BCUT2D eigenvalue weighted by Gasteiger charge is -2.23. The lowest BCUT2D eigenvalue weighted by atomic mass is 10.0. The highest BCUT2D eigenvalue weighted by molar-refractivity contribution is 7.18. The Kier molecular flexibility index (Phi) is 3.26. The van der Waals surface area contributed by atoms with E-state index in [2.05, 4.69) is 49.3 Å². The maximum absolute atomic E-state index is 4.61. The van der Waals surface area contributed by atoms with Crippen molar-refractivity contribution in [2.24, 2.45) is 0 Å². The van der Waals surface area contributed by atoms with Gasteiger partial charge in [0.05, 0.1) is 10.2 Å². The summed E-state index contributed by atoms with van der Waals surface area (Å²) in [4.78, 5) is 4.61. The van der Waals surface area contributed by atoms with Crippen LogP contribution in [0.3, 0.4) is 0 Å². The highest BCUT2D eigenvalue weighted by Gasteiger charge is 2.14. The average molecular weight is 234 g/mol. The van der Waals surface area contributed by atoms with Gasteiger partial charge in [0, 0.05) is 12.1 Å². The van der Waals surface area contributed by atoms with E-state index in [4.69, 9.17) is 0 Å². The molecule has 1 aromatic heterocycles. The first-order valence-electron chi connectivity index (χ1n) is 5.70. The fourth-order valence-electron chi connectivity index (χ4n) is 1.44. The molecule has 0 unspecified atom stereocenters. The van der Waals surface area contributed by atoms with Crippen molar-refractivity contribution in [3.63, 3.8) is 0 Å². The molecular formula is C13H18N2S. The number of aromatic nitrogens is 1. The summed E-state index contributed by atoms with van der Waals surface area (Å²) in [6, 6.07) is 8.30. The van der Waals surface area contributed by atoms with Crippen LogP contribution in [0.2, 0.25) is 0 Å². The Morgan fingerprint density at radius 2 is 2.06 bits per heavy atom. The minimum absolute atomic E-state index is 0.192. The number of fused-ring (bicyclic) bond motifs is 1. The molecule has 16 heavy (non-hydrogen) atoms. The number of rotatable bonds is 4. The molecule has 2 nitrogen and oxygen atoms in total. The molecule has 0 aliphatic rings. The Balaban J connectivity index is 2.10. The molecule has 1 aromatic carbocycles. The van der Waals surface area contributed by atoms with Gasteiger partial charge in [-0.15, -0.1) is 11.3 Å². The predicted molar refractivity (Wildman–Crippen MR) is 70.8 cm³/mol. The zero-order chi connectivity index (χ0) is 11.6. The quantitative estimate of drug-likeness (QED) is 0.874. The summed E-state index contributed by atoms with van der Waals surface area (Å²) in [5, 5.41) is 4.70. The first-order chi connectivity index (χ1) is 7.61. The van der Waals surface area contributed by atoms with E-state index in [1.165, 1.54) is 9.71 Å². The van der Waals surface area contributed by atoms with Crippen molar-refractivity contribution >= 4 is 21.6 Å². The van der Waals surface area contributed by atoms with Gasteiger partial charge in [-0.2, -0.15) is 0 Å². The van der Waals surface area contributed by atoms with E-state index in [0.717, 1.165) is 18.5 Å². The van der Waals surface area contributed by atoms with Crippen molar-refractivity contribution in [1.82, 2.24) is 10.3 Å². The minimum Gasteiger partial charge on any atom is -0.305 e. The standard InChI is InChI=1S/C13H18N2S/c1-4-13(2,3)14-9-12-15-10-7-5-6-8-11(10)16-12/h5-8,14H,4,9H2,1-3H3. The maximum Gasteiger partial charge on any atom is 0.108 e. The van der Waals surface area contributed by atoms with E-state index in [-0.39, 0.29) is 5.54 Å². The highest BCUT2D eigenvalue weighted by Crippen LogP contribution is 2.22. The summed E-state index contributed by atoms with van der Waals surface area (Å²) in [6.07, 6.45) is 1.12.